The highest BCUT2D eigenvalue weighted by Crippen LogP contribution is 2.27. The fourth-order valence-electron chi connectivity index (χ4n) is 4.99. The molecule has 0 amide bonds. The van der Waals surface area contributed by atoms with Crippen LogP contribution in [0.25, 0.3) is 0 Å². The van der Waals surface area contributed by atoms with Crippen LogP contribution in [0.4, 0.5) is 10.1 Å². The lowest BCUT2D eigenvalue weighted by Crippen LogP contribution is -2.42. The van der Waals surface area contributed by atoms with Gasteiger partial charge in [0.1, 0.15) is 30.5 Å². The number of anilines is 1. The van der Waals surface area contributed by atoms with E-state index in [0.717, 1.165) is 30.6 Å². The van der Waals surface area contributed by atoms with Crippen molar-refractivity contribution in [3.63, 3.8) is 0 Å². The Morgan fingerprint density at radius 1 is 0.660 bits per heavy atom. The van der Waals surface area contributed by atoms with Gasteiger partial charge in [0.15, 0.2) is 11.6 Å². The summed E-state index contributed by atoms with van der Waals surface area (Å²) < 4.78 is 49.0. The molecule has 2 aromatic carbocycles. The van der Waals surface area contributed by atoms with Gasteiger partial charge in [0.25, 0.3) is 0 Å². The average molecular weight is 765 g/mol. The van der Waals surface area contributed by atoms with Crippen LogP contribution in [0.1, 0.15) is 85.8 Å². The zero-order valence-electron chi connectivity index (χ0n) is 33.1. The number of rotatable bonds is 31. The number of halogens is 1. The Balaban J connectivity index is 1.66. The third-order valence-electron chi connectivity index (χ3n) is 8.38. The van der Waals surface area contributed by atoms with Crippen molar-refractivity contribution >= 4 is 29.9 Å². The van der Waals surface area contributed by atoms with Gasteiger partial charge in [0.2, 0.25) is 0 Å². The number of carbonyl (C=O) groups is 2. The minimum Gasteiger partial charge on any atom is -0.494 e. The number of Topliss-reactive ketones (excluding diaryl/α,β-unsaturated/α-hetero) is 2. The zero-order chi connectivity index (χ0) is 39.0. The second kappa shape index (κ2) is 26.9. The van der Waals surface area contributed by atoms with E-state index in [1.807, 2.05) is 70.7 Å². The van der Waals surface area contributed by atoms with Gasteiger partial charge in [0.05, 0.1) is 24.3 Å². The molecule has 300 valence electrons. The number of hydrogen-bond acceptors (Lipinski definition) is 11. The SMILES string of the molecule is CC(C)C(=O)COCCCOCCCOc1ccc([C@@H](C)NC(S)CN(c2ccc(OCCCOCCCOCC(=O)C(C)C)cc2F)C(C)C)cc1. The van der Waals surface area contributed by atoms with Crippen LogP contribution in [0.3, 0.4) is 0 Å². The molecule has 0 fully saturated rings. The van der Waals surface area contributed by atoms with Gasteiger partial charge in [-0.05, 0) is 63.4 Å². The Hall–Kier alpha value is -2.74. The predicted molar refractivity (Wildman–Crippen MR) is 212 cm³/mol. The number of thiol groups is 1. The van der Waals surface area contributed by atoms with Gasteiger partial charge >= 0.3 is 0 Å². The molecule has 0 saturated heterocycles. The largest absolute Gasteiger partial charge is 0.494 e. The Labute approximate surface area is 323 Å². The zero-order valence-corrected chi connectivity index (χ0v) is 34.0. The number of benzene rings is 2. The van der Waals surface area contributed by atoms with Crippen molar-refractivity contribution in [3.8, 4) is 11.5 Å². The summed E-state index contributed by atoms with van der Waals surface area (Å²) in [7, 11) is 0. The summed E-state index contributed by atoms with van der Waals surface area (Å²) in [5.41, 5.74) is 1.59. The first-order valence-electron chi connectivity index (χ1n) is 19.1. The molecule has 1 N–H and O–H groups in total. The summed E-state index contributed by atoms with van der Waals surface area (Å²) in [5.74, 6) is 1.13. The molecule has 0 radical (unpaired) electrons. The second-order valence-corrected chi connectivity index (χ2v) is 14.6. The number of ether oxygens (including phenoxy) is 6. The fourth-order valence-corrected chi connectivity index (χ4v) is 5.38. The van der Waals surface area contributed by atoms with Crippen molar-refractivity contribution in [1.29, 1.82) is 0 Å². The molecule has 12 heteroatoms. The van der Waals surface area contributed by atoms with E-state index in [1.54, 1.807) is 12.1 Å². The smallest absolute Gasteiger partial charge is 0.160 e. The topological polar surface area (TPSA) is 105 Å². The lowest BCUT2D eigenvalue weighted by Gasteiger charge is -2.33. The van der Waals surface area contributed by atoms with Gasteiger partial charge in [0, 0.05) is 89.0 Å². The molecule has 0 aliphatic carbocycles. The summed E-state index contributed by atoms with van der Waals surface area (Å²) in [6, 6.07) is 13.0. The van der Waals surface area contributed by atoms with Gasteiger partial charge in [-0.15, -0.1) is 0 Å². The van der Waals surface area contributed by atoms with Crippen molar-refractivity contribution < 1.29 is 42.4 Å². The summed E-state index contributed by atoms with van der Waals surface area (Å²) in [5, 5.41) is 3.30. The molecule has 0 heterocycles. The highest BCUT2D eigenvalue weighted by atomic mass is 32.1. The predicted octanol–water partition coefficient (Wildman–Crippen LogP) is 7.48. The summed E-state index contributed by atoms with van der Waals surface area (Å²) >= 11 is 4.82. The maximum atomic E-state index is 15.3. The van der Waals surface area contributed by atoms with Crippen LogP contribution in [0.5, 0.6) is 11.5 Å². The molecule has 2 atom stereocenters. The van der Waals surface area contributed by atoms with Gasteiger partial charge in [-0.2, -0.15) is 12.6 Å². The molecule has 0 saturated carbocycles. The molecule has 2 rings (SSSR count). The molecule has 0 aliphatic rings. The molecular formula is C41H65FN2O8S. The van der Waals surface area contributed by atoms with Crippen LogP contribution in [-0.2, 0) is 28.5 Å². The van der Waals surface area contributed by atoms with Gasteiger partial charge < -0.3 is 33.3 Å². The minimum absolute atomic E-state index is 0.00250. The van der Waals surface area contributed by atoms with Gasteiger partial charge in [-0.3, -0.25) is 14.9 Å². The average Bonchev–Trinajstić information content (AvgIpc) is 3.12. The van der Waals surface area contributed by atoms with E-state index in [4.69, 9.17) is 41.0 Å². The van der Waals surface area contributed by atoms with E-state index in [2.05, 4.69) is 12.2 Å². The quantitative estimate of drug-likeness (QED) is 0.0457. The van der Waals surface area contributed by atoms with E-state index >= 15 is 4.39 Å². The Bertz CT molecular complexity index is 1300. The minimum atomic E-state index is -0.347. The maximum absolute atomic E-state index is 15.3. The lowest BCUT2D eigenvalue weighted by atomic mass is 10.1. The van der Waals surface area contributed by atoms with E-state index in [-0.39, 0.29) is 59.9 Å². The number of nitrogens with zero attached hydrogens (tertiary/aromatic N) is 1. The van der Waals surface area contributed by atoms with E-state index in [9.17, 15) is 9.59 Å². The van der Waals surface area contributed by atoms with Gasteiger partial charge in [-0.1, -0.05) is 39.8 Å². The van der Waals surface area contributed by atoms with Crippen LogP contribution in [0.2, 0.25) is 0 Å². The number of nitrogens with one attached hydrogen (secondary N) is 1. The molecule has 0 aromatic heterocycles. The Morgan fingerprint density at radius 2 is 1.11 bits per heavy atom. The van der Waals surface area contributed by atoms with Gasteiger partial charge in [-0.25, -0.2) is 4.39 Å². The van der Waals surface area contributed by atoms with Crippen LogP contribution in [-0.4, -0.2) is 95.6 Å². The van der Waals surface area contributed by atoms with Crippen molar-refractivity contribution in [3.05, 3.63) is 53.8 Å². The molecule has 10 nitrogen and oxygen atoms in total. The van der Waals surface area contributed by atoms with Crippen LogP contribution >= 0.6 is 12.6 Å². The van der Waals surface area contributed by atoms with Crippen molar-refractivity contribution in [2.45, 2.75) is 91.6 Å². The molecular weight excluding hydrogens is 700 g/mol. The molecule has 53 heavy (non-hydrogen) atoms. The third-order valence-corrected chi connectivity index (χ3v) is 8.69. The number of carbonyl (C=O) groups excluding carboxylic acids is 2. The first-order valence-corrected chi connectivity index (χ1v) is 19.6. The standard InChI is InChI=1S/C41H65FN2O8S/c1-30(2)39(45)28-49-22-8-18-47-20-10-24-51-35-14-12-34(13-15-35)33(7)43-41(53)27-44(32(5)6)38-17-16-36(26-37(38)42)52-25-11-21-48-19-9-23-50-29-40(46)31(3)4/h12-17,26,30-33,41,43,53H,8-11,18-25,27-29H2,1-7H3/t33-,41?/m1/s1. The molecule has 0 spiro atoms. The molecule has 1 unspecified atom stereocenters. The van der Waals surface area contributed by atoms with Crippen LogP contribution in [0.15, 0.2) is 42.5 Å². The highest BCUT2D eigenvalue weighted by Gasteiger charge is 2.20. The second-order valence-electron chi connectivity index (χ2n) is 14.0. The first kappa shape index (κ1) is 46.4. The Kier molecular flexibility index (Phi) is 23.6. The van der Waals surface area contributed by atoms with Crippen molar-refractivity contribution in [1.82, 2.24) is 5.32 Å². The van der Waals surface area contributed by atoms with E-state index in [0.29, 0.717) is 77.3 Å². The van der Waals surface area contributed by atoms with Crippen molar-refractivity contribution in [2.24, 2.45) is 11.8 Å². The number of hydrogen-bond donors (Lipinski definition) is 2. The summed E-state index contributed by atoms with van der Waals surface area (Å²) in [6.07, 6.45) is 2.92. The summed E-state index contributed by atoms with van der Waals surface area (Å²) in [4.78, 5) is 25.1. The molecule has 0 aliphatic heterocycles. The third kappa shape index (κ3) is 20.0. The fraction of sp³-hybridized carbons (Fsp3) is 0.659. The van der Waals surface area contributed by atoms with Crippen LogP contribution in [0, 0.1) is 17.7 Å². The monoisotopic (exact) mass is 764 g/mol. The maximum Gasteiger partial charge on any atom is 0.160 e. The molecule has 2 aromatic rings. The number of ketones is 2. The lowest BCUT2D eigenvalue weighted by molar-refractivity contribution is -0.127. The van der Waals surface area contributed by atoms with E-state index in [1.165, 1.54) is 6.07 Å². The van der Waals surface area contributed by atoms with Crippen molar-refractivity contribution in [2.75, 3.05) is 77.5 Å². The van der Waals surface area contributed by atoms with Crippen LogP contribution < -0.4 is 19.7 Å². The van der Waals surface area contributed by atoms with E-state index < -0.39 is 0 Å². The first-order chi connectivity index (χ1) is 25.4. The summed E-state index contributed by atoms with van der Waals surface area (Å²) in [6.45, 7) is 18.7. The highest BCUT2D eigenvalue weighted by molar-refractivity contribution is 7.80. The normalized spacial score (nSPS) is 12.8. The Morgan fingerprint density at radius 3 is 1.58 bits per heavy atom. The molecule has 0 bridgehead atoms.